The average molecular weight is 552 g/mol. The maximum atomic E-state index is 13.0. The van der Waals surface area contributed by atoms with Gasteiger partial charge in [0, 0.05) is 17.9 Å². The Morgan fingerprint density at radius 1 is 0.914 bits per heavy atom. The van der Waals surface area contributed by atoms with Gasteiger partial charge in [-0.3, -0.25) is 14.4 Å². The molecule has 0 fully saturated rings. The van der Waals surface area contributed by atoms with Crippen LogP contribution in [0.1, 0.15) is 31.4 Å². The maximum Gasteiger partial charge on any atom is 0.452 e. The molecule has 0 spiro atoms. The third-order valence-electron chi connectivity index (χ3n) is 5.13. The van der Waals surface area contributed by atoms with Crippen LogP contribution in [0.25, 0.3) is 0 Å². The zero-order chi connectivity index (χ0) is 26.3. The molecule has 0 bridgehead atoms. The summed E-state index contributed by atoms with van der Waals surface area (Å²) in [5, 5.41) is 5.81. The highest BCUT2D eigenvalue weighted by molar-refractivity contribution is 6.42. The van der Waals surface area contributed by atoms with Gasteiger partial charge in [-0.15, -0.1) is 0 Å². The van der Waals surface area contributed by atoms with E-state index in [1.807, 2.05) is 0 Å². The van der Waals surface area contributed by atoms with E-state index in [-0.39, 0.29) is 19.3 Å². The molecule has 2 rings (SSSR count). The summed E-state index contributed by atoms with van der Waals surface area (Å²) in [6, 6.07) is 8.37. The lowest BCUT2D eigenvalue weighted by molar-refractivity contribution is -0.175. The normalized spacial score (nSPS) is 13.3. The molecule has 2 aromatic carbocycles. The van der Waals surface area contributed by atoms with Crippen molar-refractivity contribution in [3.8, 4) is 0 Å². The second kappa shape index (κ2) is 12.6. The number of carbonyl (C=O) groups is 3. The van der Waals surface area contributed by atoms with Crippen LogP contribution in [-0.4, -0.2) is 35.9 Å². The Labute approximate surface area is 216 Å². The van der Waals surface area contributed by atoms with Crippen LogP contribution in [0.2, 0.25) is 15.1 Å². The predicted octanol–water partition coefficient (Wildman–Crippen LogP) is 5.58. The van der Waals surface area contributed by atoms with Crippen LogP contribution in [0.4, 0.5) is 13.2 Å². The fourth-order valence-electron chi connectivity index (χ4n) is 3.29. The van der Waals surface area contributed by atoms with Crippen molar-refractivity contribution in [3.05, 3.63) is 68.7 Å². The SMILES string of the molecule is CC(C)[C@H](NC(=O)C(Cc1cccc(Cl)c1)NC(=O)CCc1ccc(Cl)c(Cl)c1)C(=O)C(F)(F)F. The van der Waals surface area contributed by atoms with Crippen LogP contribution in [0.15, 0.2) is 42.5 Å². The van der Waals surface area contributed by atoms with Crippen molar-refractivity contribution in [2.45, 2.75) is 51.4 Å². The molecule has 0 aromatic heterocycles. The van der Waals surface area contributed by atoms with Crippen molar-refractivity contribution in [1.29, 1.82) is 0 Å². The standard InChI is InChI=1S/C24H24Cl3F3N2O3/c1-13(2)21(22(34)24(28,29)30)32-23(35)19(12-15-4-3-5-16(25)10-15)31-20(33)9-7-14-6-8-17(26)18(27)11-14/h3-6,8,10-11,13,19,21H,7,9,12H2,1-2H3,(H,31,33)(H,32,35)/t19?,21-/m0/s1. The van der Waals surface area contributed by atoms with Crippen LogP contribution in [-0.2, 0) is 27.2 Å². The lowest BCUT2D eigenvalue weighted by Gasteiger charge is -2.26. The quantitative estimate of drug-likeness (QED) is 0.405. The zero-order valence-electron chi connectivity index (χ0n) is 18.9. The number of hydrogen-bond donors (Lipinski definition) is 2. The van der Waals surface area contributed by atoms with Crippen molar-refractivity contribution in [1.82, 2.24) is 10.6 Å². The van der Waals surface area contributed by atoms with Crippen LogP contribution >= 0.6 is 34.8 Å². The highest BCUT2D eigenvalue weighted by Crippen LogP contribution is 2.23. The summed E-state index contributed by atoms with van der Waals surface area (Å²) in [5.74, 6) is -4.32. The topological polar surface area (TPSA) is 75.3 Å². The van der Waals surface area contributed by atoms with E-state index in [9.17, 15) is 27.6 Å². The molecule has 0 radical (unpaired) electrons. The Morgan fingerprint density at radius 3 is 2.17 bits per heavy atom. The van der Waals surface area contributed by atoms with Gasteiger partial charge in [0.2, 0.25) is 11.8 Å². The van der Waals surface area contributed by atoms with E-state index in [1.165, 1.54) is 13.8 Å². The summed E-state index contributed by atoms with van der Waals surface area (Å²) < 4.78 is 39.1. The third kappa shape index (κ3) is 9.02. The summed E-state index contributed by atoms with van der Waals surface area (Å²) >= 11 is 17.9. The molecule has 11 heteroatoms. The molecule has 5 nitrogen and oxygen atoms in total. The number of rotatable bonds is 10. The summed E-state index contributed by atoms with van der Waals surface area (Å²) in [5.41, 5.74) is 1.31. The summed E-state index contributed by atoms with van der Waals surface area (Å²) in [7, 11) is 0. The molecule has 1 unspecified atom stereocenters. The number of halogens is 6. The molecule has 0 aliphatic rings. The fourth-order valence-corrected chi connectivity index (χ4v) is 3.83. The maximum absolute atomic E-state index is 13.0. The second-order valence-corrected chi connectivity index (χ2v) is 9.55. The molecule has 190 valence electrons. The molecule has 35 heavy (non-hydrogen) atoms. The van der Waals surface area contributed by atoms with Gasteiger partial charge in [0.05, 0.1) is 16.1 Å². The molecule has 0 aliphatic carbocycles. The molecule has 0 saturated carbocycles. The van der Waals surface area contributed by atoms with Crippen molar-refractivity contribution < 1.29 is 27.6 Å². The Hall–Kier alpha value is -2.29. The van der Waals surface area contributed by atoms with Crippen molar-refractivity contribution in [3.63, 3.8) is 0 Å². The molecule has 2 atom stereocenters. The fraction of sp³-hybridized carbons (Fsp3) is 0.375. The minimum atomic E-state index is -5.12. The number of benzene rings is 2. The first kappa shape index (κ1) is 28.9. The van der Waals surface area contributed by atoms with E-state index in [2.05, 4.69) is 10.6 Å². The van der Waals surface area contributed by atoms with E-state index in [0.717, 1.165) is 5.56 Å². The largest absolute Gasteiger partial charge is 0.452 e. The lowest BCUT2D eigenvalue weighted by atomic mass is 9.98. The highest BCUT2D eigenvalue weighted by Gasteiger charge is 2.45. The number of carbonyl (C=O) groups excluding carboxylic acids is 3. The molecule has 0 heterocycles. The highest BCUT2D eigenvalue weighted by atomic mass is 35.5. The van der Waals surface area contributed by atoms with Gasteiger partial charge in [0.1, 0.15) is 6.04 Å². The first-order valence-corrected chi connectivity index (χ1v) is 11.8. The van der Waals surface area contributed by atoms with Gasteiger partial charge in [-0.05, 0) is 47.7 Å². The van der Waals surface area contributed by atoms with Gasteiger partial charge in [0.25, 0.3) is 5.78 Å². The Bertz CT molecular complexity index is 1080. The average Bonchev–Trinajstić information content (AvgIpc) is 2.76. The summed E-state index contributed by atoms with van der Waals surface area (Å²) in [4.78, 5) is 37.4. The number of nitrogens with one attached hydrogen (secondary N) is 2. The van der Waals surface area contributed by atoms with Crippen LogP contribution in [0.5, 0.6) is 0 Å². The number of Topliss-reactive ketones (excluding diaryl/α,β-unsaturated/α-hetero) is 1. The van der Waals surface area contributed by atoms with Gasteiger partial charge in [-0.2, -0.15) is 13.2 Å². The molecular formula is C24H24Cl3F3N2O3. The summed E-state index contributed by atoms with van der Waals surface area (Å²) in [6.45, 7) is 2.77. The molecule has 0 aliphatic heterocycles. The van der Waals surface area contributed by atoms with E-state index in [0.29, 0.717) is 20.6 Å². The van der Waals surface area contributed by atoms with Crippen molar-refractivity contribution in [2.75, 3.05) is 0 Å². The van der Waals surface area contributed by atoms with Crippen LogP contribution in [0, 0.1) is 5.92 Å². The molecule has 2 amide bonds. The smallest absolute Gasteiger partial charge is 0.344 e. The van der Waals surface area contributed by atoms with Crippen molar-refractivity contribution >= 4 is 52.4 Å². The van der Waals surface area contributed by atoms with E-state index < -0.39 is 41.8 Å². The number of alkyl halides is 3. The number of aryl methyl sites for hydroxylation is 1. The van der Waals surface area contributed by atoms with Crippen molar-refractivity contribution in [2.24, 2.45) is 5.92 Å². The van der Waals surface area contributed by atoms with Gasteiger partial charge >= 0.3 is 6.18 Å². The number of amides is 2. The molecule has 0 saturated heterocycles. The van der Waals surface area contributed by atoms with Crippen LogP contribution in [0.3, 0.4) is 0 Å². The first-order chi connectivity index (χ1) is 16.3. The van der Waals surface area contributed by atoms with Gasteiger partial charge in [-0.1, -0.05) is 66.8 Å². The predicted molar refractivity (Wildman–Crippen MR) is 130 cm³/mol. The zero-order valence-corrected chi connectivity index (χ0v) is 21.2. The number of hydrogen-bond acceptors (Lipinski definition) is 3. The molecular weight excluding hydrogens is 528 g/mol. The second-order valence-electron chi connectivity index (χ2n) is 8.29. The Balaban J connectivity index is 2.18. The lowest BCUT2D eigenvalue weighted by Crippen LogP contribution is -2.56. The van der Waals surface area contributed by atoms with Gasteiger partial charge < -0.3 is 10.6 Å². The van der Waals surface area contributed by atoms with E-state index >= 15 is 0 Å². The Kier molecular flexibility index (Phi) is 10.4. The Morgan fingerprint density at radius 2 is 1.60 bits per heavy atom. The monoisotopic (exact) mass is 550 g/mol. The summed E-state index contributed by atoms with van der Waals surface area (Å²) in [6.07, 6.45) is -4.90. The minimum Gasteiger partial charge on any atom is -0.344 e. The third-order valence-corrected chi connectivity index (χ3v) is 6.11. The van der Waals surface area contributed by atoms with Gasteiger partial charge in [0.15, 0.2) is 0 Å². The van der Waals surface area contributed by atoms with E-state index in [4.69, 9.17) is 34.8 Å². The molecule has 2 N–H and O–H groups in total. The van der Waals surface area contributed by atoms with Crippen LogP contribution < -0.4 is 10.6 Å². The minimum absolute atomic E-state index is 0.0215. The molecule has 2 aromatic rings. The van der Waals surface area contributed by atoms with Gasteiger partial charge in [-0.25, -0.2) is 0 Å². The number of ketones is 1. The first-order valence-electron chi connectivity index (χ1n) is 10.7. The van der Waals surface area contributed by atoms with E-state index in [1.54, 1.807) is 42.5 Å².